The molecule has 0 radical (unpaired) electrons. The van der Waals surface area contributed by atoms with Crippen molar-refractivity contribution in [3.63, 3.8) is 0 Å². The van der Waals surface area contributed by atoms with Gasteiger partial charge >= 0.3 is 0 Å². The van der Waals surface area contributed by atoms with Crippen LogP contribution in [0.1, 0.15) is 5.56 Å². The van der Waals surface area contributed by atoms with Crippen LogP contribution in [0.5, 0.6) is 5.75 Å². The van der Waals surface area contributed by atoms with Crippen LogP contribution in [0.2, 0.25) is 0 Å². The first-order valence-electron chi connectivity index (χ1n) is 3.85. The second-order valence-corrected chi connectivity index (χ2v) is 5.22. The van der Waals surface area contributed by atoms with E-state index in [1.165, 1.54) is 0 Å². The molecular formula is C10H7Br2NO. The summed E-state index contributed by atoms with van der Waals surface area (Å²) in [5.41, 5.74) is 1.05. The highest BCUT2D eigenvalue weighted by Crippen LogP contribution is 2.19. The predicted molar refractivity (Wildman–Crippen MR) is 63.4 cm³/mol. The smallest absolute Gasteiger partial charge is 0.174 e. The van der Waals surface area contributed by atoms with E-state index >= 15 is 0 Å². The number of nitriles is 1. The van der Waals surface area contributed by atoms with Gasteiger partial charge in [-0.05, 0) is 55.6 Å². The Labute approximate surface area is 99.4 Å². The van der Waals surface area contributed by atoms with Gasteiger partial charge in [-0.15, -0.1) is 0 Å². The van der Waals surface area contributed by atoms with E-state index in [-0.39, 0.29) is 6.61 Å². The molecule has 0 atom stereocenters. The third kappa shape index (κ3) is 3.95. The minimum Gasteiger partial charge on any atom is -0.479 e. The fraction of sp³-hybridized carbons (Fsp3) is 0.100. The number of nitrogens with zero attached hydrogens (tertiary/aromatic N) is 1. The average Bonchev–Trinajstić information content (AvgIpc) is 2.16. The van der Waals surface area contributed by atoms with Crippen LogP contribution in [0.4, 0.5) is 0 Å². The highest BCUT2D eigenvalue weighted by molar-refractivity contribution is 9.28. The normalized spacial score (nSPS) is 8.93. The van der Waals surface area contributed by atoms with Crippen molar-refractivity contribution >= 4 is 37.9 Å². The summed E-state index contributed by atoms with van der Waals surface area (Å²) in [5, 5.41) is 8.30. The largest absolute Gasteiger partial charge is 0.479 e. The van der Waals surface area contributed by atoms with Gasteiger partial charge in [0, 0.05) is 0 Å². The van der Waals surface area contributed by atoms with Gasteiger partial charge in [-0.2, -0.15) is 5.26 Å². The summed E-state index contributed by atoms with van der Waals surface area (Å²) in [6, 6.07) is 9.39. The molecule has 1 aromatic rings. The van der Waals surface area contributed by atoms with E-state index in [0.29, 0.717) is 5.75 Å². The molecule has 0 aromatic heterocycles. The van der Waals surface area contributed by atoms with Gasteiger partial charge in [0.1, 0.15) is 11.8 Å². The summed E-state index contributed by atoms with van der Waals surface area (Å²) < 4.78 is 5.99. The van der Waals surface area contributed by atoms with E-state index in [4.69, 9.17) is 10.00 Å². The van der Waals surface area contributed by atoms with Crippen molar-refractivity contribution in [2.24, 2.45) is 0 Å². The van der Waals surface area contributed by atoms with Crippen LogP contribution in [0.25, 0.3) is 6.08 Å². The Balaban J connectivity index is 2.70. The molecule has 0 aliphatic carbocycles. The first-order chi connectivity index (χ1) is 6.72. The minimum atomic E-state index is 0.0807. The fourth-order valence-corrected chi connectivity index (χ4v) is 1.43. The molecule has 4 heteroatoms. The third-order valence-corrected chi connectivity index (χ3v) is 1.92. The molecule has 0 fully saturated rings. The van der Waals surface area contributed by atoms with Gasteiger partial charge in [0.25, 0.3) is 0 Å². The lowest BCUT2D eigenvalue weighted by molar-refractivity contribution is 0.368. The molecule has 1 aromatic carbocycles. The monoisotopic (exact) mass is 315 g/mol. The molecule has 14 heavy (non-hydrogen) atoms. The first kappa shape index (κ1) is 11.3. The van der Waals surface area contributed by atoms with Gasteiger partial charge in [-0.25, -0.2) is 0 Å². The summed E-state index contributed by atoms with van der Waals surface area (Å²) in [7, 11) is 0. The Morgan fingerprint density at radius 3 is 2.50 bits per heavy atom. The maximum absolute atomic E-state index is 8.30. The zero-order valence-electron chi connectivity index (χ0n) is 7.21. The molecule has 0 heterocycles. The standard InChI is InChI=1S/C10H7Br2NO/c11-10(12)7-8-1-3-9(4-2-8)14-6-5-13/h1-4,7H,6H2. The van der Waals surface area contributed by atoms with E-state index in [1.54, 1.807) is 0 Å². The van der Waals surface area contributed by atoms with Crippen LogP contribution in [0, 0.1) is 11.3 Å². The molecule has 0 amide bonds. The first-order valence-corrected chi connectivity index (χ1v) is 5.43. The van der Waals surface area contributed by atoms with Crippen molar-refractivity contribution in [2.75, 3.05) is 6.61 Å². The Kier molecular flexibility index (Phi) is 4.71. The maximum atomic E-state index is 8.30. The Bertz CT molecular complexity index is 361. The van der Waals surface area contributed by atoms with Gasteiger partial charge in [0.05, 0.1) is 3.39 Å². The van der Waals surface area contributed by atoms with Gasteiger partial charge in [-0.1, -0.05) is 12.1 Å². The number of benzene rings is 1. The van der Waals surface area contributed by atoms with Crippen molar-refractivity contribution in [3.05, 3.63) is 33.2 Å². The molecule has 0 aliphatic rings. The van der Waals surface area contributed by atoms with Crippen molar-refractivity contribution in [1.29, 1.82) is 5.26 Å². The van der Waals surface area contributed by atoms with E-state index in [1.807, 2.05) is 36.4 Å². The summed E-state index contributed by atoms with van der Waals surface area (Å²) in [4.78, 5) is 0. The topological polar surface area (TPSA) is 33.0 Å². The fourth-order valence-electron chi connectivity index (χ4n) is 0.902. The number of ether oxygens (including phenoxy) is 1. The zero-order chi connectivity index (χ0) is 10.4. The van der Waals surface area contributed by atoms with Crippen LogP contribution < -0.4 is 4.74 Å². The minimum absolute atomic E-state index is 0.0807. The lowest BCUT2D eigenvalue weighted by Gasteiger charge is -2.00. The average molecular weight is 317 g/mol. The van der Waals surface area contributed by atoms with Crippen molar-refractivity contribution in [2.45, 2.75) is 0 Å². The molecule has 0 N–H and O–H groups in total. The maximum Gasteiger partial charge on any atom is 0.174 e. The molecule has 0 saturated carbocycles. The molecule has 0 bridgehead atoms. The number of halogens is 2. The van der Waals surface area contributed by atoms with Crippen LogP contribution in [0.15, 0.2) is 27.7 Å². The summed E-state index contributed by atoms with van der Waals surface area (Å²) in [5.74, 6) is 0.703. The van der Waals surface area contributed by atoms with E-state index in [0.717, 1.165) is 8.96 Å². The van der Waals surface area contributed by atoms with Gasteiger partial charge in [0.2, 0.25) is 0 Å². The van der Waals surface area contributed by atoms with Gasteiger partial charge < -0.3 is 4.74 Å². The van der Waals surface area contributed by atoms with Crippen LogP contribution in [-0.4, -0.2) is 6.61 Å². The second-order valence-electron chi connectivity index (χ2n) is 2.45. The van der Waals surface area contributed by atoms with Crippen LogP contribution in [-0.2, 0) is 0 Å². The molecule has 72 valence electrons. The molecular weight excluding hydrogens is 310 g/mol. The molecule has 0 spiro atoms. The Morgan fingerprint density at radius 1 is 1.36 bits per heavy atom. The SMILES string of the molecule is N#CCOc1ccc(C=C(Br)Br)cc1. The summed E-state index contributed by atoms with van der Waals surface area (Å²) >= 11 is 6.55. The van der Waals surface area contributed by atoms with Gasteiger partial charge in [-0.3, -0.25) is 0 Å². The van der Waals surface area contributed by atoms with Crippen molar-refractivity contribution in [3.8, 4) is 11.8 Å². The summed E-state index contributed by atoms with van der Waals surface area (Å²) in [6.45, 7) is 0.0807. The Hall–Kier alpha value is -0.790. The predicted octanol–water partition coefficient (Wildman–Crippen LogP) is 3.68. The van der Waals surface area contributed by atoms with E-state index < -0.39 is 0 Å². The molecule has 0 saturated heterocycles. The number of hydrogen-bond donors (Lipinski definition) is 0. The number of rotatable bonds is 3. The van der Waals surface area contributed by atoms with Crippen LogP contribution >= 0.6 is 31.9 Å². The van der Waals surface area contributed by atoms with Gasteiger partial charge in [0.15, 0.2) is 6.61 Å². The zero-order valence-corrected chi connectivity index (χ0v) is 10.4. The van der Waals surface area contributed by atoms with E-state index in [2.05, 4.69) is 31.9 Å². The highest BCUT2D eigenvalue weighted by atomic mass is 79.9. The van der Waals surface area contributed by atoms with Crippen molar-refractivity contribution in [1.82, 2.24) is 0 Å². The van der Waals surface area contributed by atoms with Crippen molar-refractivity contribution < 1.29 is 4.74 Å². The lowest BCUT2D eigenvalue weighted by atomic mass is 10.2. The lowest BCUT2D eigenvalue weighted by Crippen LogP contribution is -1.92. The Morgan fingerprint density at radius 2 is 2.00 bits per heavy atom. The number of hydrogen-bond acceptors (Lipinski definition) is 2. The molecule has 0 aliphatic heterocycles. The molecule has 1 rings (SSSR count). The summed E-state index contributed by atoms with van der Waals surface area (Å²) in [6.07, 6.45) is 1.92. The van der Waals surface area contributed by atoms with Crippen LogP contribution in [0.3, 0.4) is 0 Å². The second kappa shape index (κ2) is 5.84. The molecule has 2 nitrogen and oxygen atoms in total. The van der Waals surface area contributed by atoms with E-state index in [9.17, 15) is 0 Å². The highest BCUT2D eigenvalue weighted by Gasteiger charge is 1.93. The quantitative estimate of drug-likeness (QED) is 0.852. The molecule has 0 unspecified atom stereocenters. The third-order valence-electron chi connectivity index (χ3n) is 1.46.